The van der Waals surface area contributed by atoms with E-state index in [-0.39, 0.29) is 0 Å². The highest BCUT2D eigenvalue weighted by atomic mass is 32.1. The van der Waals surface area contributed by atoms with Crippen molar-refractivity contribution >= 4 is 34.9 Å². The van der Waals surface area contributed by atoms with Crippen LogP contribution in [0, 0.1) is 0 Å². The standard InChI is InChI=1S/C9H9NS2.C2H6/c11-9(12)10-6-5-7-3-1-2-4-8(7)10;1-2/h1-4H,5-6H2,(H,11,12);1-2H3. The highest BCUT2D eigenvalue weighted by Crippen LogP contribution is 2.28. The van der Waals surface area contributed by atoms with Gasteiger partial charge in [-0.15, -0.1) is 12.6 Å². The summed E-state index contributed by atoms with van der Waals surface area (Å²) in [6, 6.07) is 8.32. The third-order valence-corrected chi connectivity index (χ3v) is 2.58. The van der Waals surface area contributed by atoms with Crippen LogP contribution in [-0.2, 0) is 6.42 Å². The molecule has 0 bridgehead atoms. The summed E-state index contributed by atoms with van der Waals surface area (Å²) in [7, 11) is 0. The molecular formula is C11H15NS2. The lowest BCUT2D eigenvalue weighted by Gasteiger charge is -2.15. The van der Waals surface area contributed by atoms with Gasteiger partial charge in [-0.3, -0.25) is 0 Å². The third kappa shape index (κ3) is 2.28. The van der Waals surface area contributed by atoms with E-state index in [0.717, 1.165) is 13.0 Å². The molecule has 1 aromatic rings. The Morgan fingerprint density at radius 2 is 2.00 bits per heavy atom. The fourth-order valence-corrected chi connectivity index (χ4v) is 1.93. The van der Waals surface area contributed by atoms with Crippen LogP contribution < -0.4 is 4.90 Å². The molecule has 1 heterocycles. The number of fused-ring (bicyclic) bond motifs is 1. The molecular weight excluding hydrogens is 210 g/mol. The molecule has 1 aliphatic rings. The average Bonchev–Trinajstić information content (AvgIpc) is 2.64. The highest BCUT2D eigenvalue weighted by Gasteiger charge is 2.19. The van der Waals surface area contributed by atoms with E-state index in [4.69, 9.17) is 12.2 Å². The van der Waals surface area contributed by atoms with E-state index in [1.807, 2.05) is 19.9 Å². The summed E-state index contributed by atoms with van der Waals surface area (Å²) in [5.74, 6) is 0. The Morgan fingerprint density at radius 1 is 1.36 bits per heavy atom. The second-order valence-electron chi connectivity index (χ2n) is 2.81. The molecule has 0 spiro atoms. The van der Waals surface area contributed by atoms with Crippen LogP contribution in [0.15, 0.2) is 24.3 Å². The molecule has 2 rings (SSSR count). The number of hydrogen-bond acceptors (Lipinski definition) is 1. The van der Waals surface area contributed by atoms with Gasteiger partial charge < -0.3 is 4.90 Å². The molecule has 3 heteroatoms. The Labute approximate surface area is 96.5 Å². The molecule has 0 aromatic heterocycles. The maximum Gasteiger partial charge on any atom is 0.137 e. The number of nitrogens with zero attached hydrogens (tertiary/aromatic N) is 1. The Bertz CT molecular complexity index is 323. The molecule has 0 amide bonds. The zero-order chi connectivity index (χ0) is 10.6. The van der Waals surface area contributed by atoms with Crippen molar-refractivity contribution in [3.05, 3.63) is 29.8 Å². The quantitative estimate of drug-likeness (QED) is 0.533. The van der Waals surface area contributed by atoms with Crippen molar-refractivity contribution in [2.24, 2.45) is 0 Å². The number of rotatable bonds is 0. The molecule has 0 aliphatic carbocycles. The van der Waals surface area contributed by atoms with Gasteiger partial charge in [-0.05, 0) is 18.1 Å². The van der Waals surface area contributed by atoms with Crippen LogP contribution in [0.2, 0.25) is 0 Å². The van der Waals surface area contributed by atoms with Gasteiger partial charge in [0.1, 0.15) is 4.32 Å². The number of hydrogen-bond donors (Lipinski definition) is 1. The van der Waals surface area contributed by atoms with Gasteiger partial charge in [0.2, 0.25) is 0 Å². The van der Waals surface area contributed by atoms with E-state index in [1.54, 1.807) is 0 Å². The molecule has 1 aliphatic heterocycles. The summed E-state index contributed by atoms with van der Waals surface area (Å²) in [6.07, 6.45) is 1.08. The number of thiocarbonyl (C=S) groups is 1. The van der Waals surface area contributed by atoms with Crippen molar-refractivity contribution in [2.75, 3.05) is 11.4 Å². The van der Waals surface area contributed by atoms with Gasteiger partial charge >= 0.3 is 0 Å². The fourth-order valence-electron chi connectivity index (χ4n) is 1.54. The van der Waals surface area contributed by atoms with E-state index < -0.39 is 0 Å². The van der Waals surface area contributed by atoms with Gasteiger partial charge in [-0.2, -0.15) is 0 Å². The first-order chi connectivity index (χ1) is 6.79. The van der Waals surface area contributed by atoms with Gasteiger partial charge in [0.25, 0.3) is 0 Å². The molecule has 1 nitrogen and oxygen atoms in total. The van der Waals surface area contributed by atoms with Gasteiger partial charge in [-0.1, -0.05) is 44.3 Å². The zero-order valence-corrected chi connectivity index (χ0v) is 10.2. The minimum absolute atomic E-state index is 0.667. The lowest BCUT2D eigenvalue weighted by molar-refractivity contribution is 1.04. The summed E-state index contributed by atoms with van der Waals surface area (Å²) in [6.45, 7) is 4.97. The summed E-state index contributed by atoms with van der Waals surface area (Å²) in [5.41, 5.74) is 2.59. The van der Waals surface area contributed by atoms with Crippen LogP contribution in [0.1, 0.15) is 19.4 Å². The monoisotopic (exact) mass is 225 g/mol. The van der Waals surface area contributed by atoms with Gasteiger partial charge in [-0.25, -0.2) is 0 Å². The van der Waals surface area contributed by atoms with Crippen LogP contribution in [0.3, 0.4) is 0 Å². The van der Waals surface area contributed by atoms with Crippen molar-refractivity contribution in [3.63, 3.8) is 0 Å². The van der Waals surface area contributed by atoms with Crippen LogP contribution in [0.25, 0.3) is 0 Å². The van der Waals surface area contributed by atoms with Gasteiger partial charge in [0, 0.05) is 12.2 Å². The first-order valence-electron chi connectivity index (χ1n) is 4.87. The number of thiol groups is 1. The smallest absolute Gasteiger partial charge is 0.137 e. The first kappa shape index (κ1) is 11.5. The SMILES string of the molecule is CC.S=C(S)N1CCc2ccccc21. The highest BCUT2D eigenvalue weighted by molar-refractivity contribution is 8.11. The molecule has 0 unspecified atom stereocenters. The van der Waals surface area contributed by atoms with Gasteiger partial charge in [0.15, 0.2) is 0 Å². The minimum atomic E-state index is 0.667. The van der Waals surface area contributed by atoms with Crippen molar-refractivity contribution in [1.82, 2.24) is 0 Å². The number of para-hydroxylation sites is 1. The molecule has 76 valence electrons. The lowest BCUT2D eigenvalue weighted by Crippen LogP contribution is -2.22. The molecule has 1 aromatic carbocycles. The molecule has 0 saturated heterocycles. The lowest BCUT2D eigenvalue weighted by atomic mass is 10.2. The first-order valence-corrected chi connectivity index (χ1v) is 5.73. The summed E-state index contributed by atoms with van der Waals surface area (Å²) < 4.78 is 0.667. The zero-order valence-electron chi connectivity index (χ0n) is 8.53. The Balaban J connectivity index is 0.000000461. The predicted octanol–water partition coefficient (Wildman–Crippen LogP) is 3.29. The van der Waals surface area contributed by atoms with Crippen LogP contribution in [0.4, 0.5) is 5.69 Å². The number of benzene rings is 1. The summed E-state index contributed by atoms with van der Waals surface area (Å²) >= 11 is 9.20. The van der Waals surface area contributed by atoms with E-state index in [2.05, 4.69) is 35.7 Å². The molecule has 0 atom stereocenters. The third-order valence-electron chi connectivity index (χ3n) is 2.12. The van der Waals surface area contributed by atoms with Crippen LogP contribution in [-0.4, -0.2) is 10.9 Å². The molecule has 14 heavy (non-hydrogen) atoms. The van der Waals surface area contributed by atoms with E-state index >= 15 is 0 Å². The largest absolute Gasteiger partial charge is 0.327 e. The molecule has 0 saturated carbocycles. The van der Waals surface area contributed by atoms with Crippen molar-refractivity contribution in [3.8, 4) is 0 Å². The topological polar surface area (TPSA) is 3.24 Å². The second kappa shape index (κ2) is 5.37. The minimum Gasteiger partial charge on any atom is -0.327 e. The van der Waals surface area contributed by atoms with Crippen molar-refractivity contribution < 1.29 is 0 Å². The second-order valence-corrected chi connectivity index (χ2v) is 3.93. The Morgan fingerprint density at radius 3 is 2.64 bits per heavy atom. The van der Waals surface area contributed by atoms with Crippen LogP contribution >= 0.6 is 24.8 Å². The molecule has 0 radical (unpaired) electrons. The predicted molar refractivity (Wildman–Crippen MR) is 70.4 cm³/mol. The Kier molecular flexibility index (Phi) is 4.42. The van der Waals surface area contributed by atoms with E-state index in [1.165, 1.54) is 11.3 Å². The van der Waals surface area contributed by atoms with E-state index in [0.29, 0.717) is 4.32 Å². The number of anilines is 1. The van der Waals surface area contributed by atoms with E-state index in [9.17, 15) is 0 Å². The van der Waals surface area contributed by atoms with Crippen molar-refractivity contribution in [2.45, 2.75) is 20.3 Å². The summed E-state index contributed by atoms with van der Waals surface area (Å²) in [4.78, 5) is 2.06. The molecule has 0 fully saturated rings. The Hall–Kier alpha value is -0.540. The normalized spacial score (nSPS) is 12.9. The maximum atomic E-state index is 5.02. The fraction of sp³-hybridized carbons (Fsp3) is 0.364. The average molecular weight is 225 g/mol. The van der Waals surface area contributed by atoms with Crippen LogP contribution in [0.5, 0.6) is 0 Å². The molecule has 0 N–H and O–H groups in total. The maximum absolute atomic E-state index is 5.02. The van der Waals surface area contributed by atoms with Gasteiger partial charge in [0.05, 0.1) is 0 Å². The summed E-state index contributed by atoms with van der Waals surface area (Å²) in [5, 5.41) is 0. The van der Waals surface area contributed by atoms with Crippen molar-refractivity contribution in [1.29, 1.82) is 0 Å².